The molecule has 3 aromatic carbocycles. The van der Waals surface area contributed by atoms with Crippen LogP contribution in [0.15, 0.2) is 125 Å². The van der Waals surface area contributed by atoms with Gasteiger partial charge in [0.15, 0.2) is 0 Å². The molecule has 7 nitrogen and oxygen atoms in total. The van der Waals surface area contributed by atoms with E-state index in [0.717, 1.165) is 28.0 Å². The third-order valence-corrected chi connectivity index (χ3v) is 15.3. The highest BCUT2D eigenvalue weighted by molar-refractivity contribution is 7.89. The Balaban J connectivity index is 1.89. The summed E-state index contributed by atoms with van der Waals surface area (Å²) in [4.78, 5) is 16.3. The molecule has 0 fully saturated rings. The first kappa shape index (κ1) is 34.0. The van der Waals surface area contributed by atoms with Crippen molar-refractivity contribution in [1.82, 2.24) is 9.21 Å². The number of aryl methyl sites for hydroxylation is 1. The van der Waals surface area contributed by atoms with E-state index >= 15 is 0 Å². The van der Waals surface area contributed by atoms with Crippen molar-refractivity contribution < 1.29 is 22.4 Å². The molecule has 1 unspecified atom stereocenters. The van der Waals surface area contributed by atoms with Crippen molar-refractivity contribution in [2.75, 3.05) is 13.7 Å². The number of fused-ring (bicyclic) bond motifs is 1. The van der Waals surface area contributed by atoms with E-state index in [4.69, 9.17) is 9.16 Å². The van der Waals surface area contributed by atoms with E-state index in [2.05, 4.69) is 38.8 Å². The van der Waals surface area contributed by atoms with Gasteiger partial charge in [-0.2, -0.15) is 0 Å². The van der Waals surface area contributed by atoms with Crippen molar-refractivity contribution in [1.29, 1.82) is 0 Å². The molecule has 2 aliphatic heterocycles. The normalized spacial score (nSPS) is 20.2. The Kier molecular flexibility index (Phi) is 9.44. The molecule has 2 aliphatic rings. The molecule has 0 N–H and O–H groups in total. The van der Waals surface area contributed by atoms with E-state index in [1.54, 1.807) is 30.5 Å². The molecule has 0 aliphatic carbocycles. The first-order chi connectivity index (χ1) is 22.2. The highest BCUT2D eigenvalue weighted by Crippen LogP contribution is 2.44. The molecule has 0 bridgehead atoms. The smallest absolute Gasteiger partial charge is 0.339 e. The number of sulfonamides is 1. The Morgan fingerprint density at radius 3 is 2.00 bits per heavy atom. The maximum atomic E-state index is 14.6. The van der Waals surface area contributed by atoms with Gasteiger partial charge in [0.1, 0.15) is 11.3 Å². The van der Waals surface area contributed by atoms with Gasteiger partial charge in [0.05, 0.1) is 36.0 Å². The molecule has 0 radical (unpaired) electrons. The lowest BCUT2D eigenvalue weighted by molar-refractivity contribution is -0.136. The van der Waals surface area contributed by atoms with Crippen LogP contribution < -0.4 is 0 Å². The summed E-state index contributed by atoms with van der Waals surface area (Å²) < 4.78 is 43.0. The molecule has 5 rings (SSSR count). The van der Waals surface area contributed by atoms with Gasteiger partial charge in [-0.1, -0.05) is 111 Å². The highest BCUT2D eigenvalue weighted by atomic mass is 32.2. The Labute approximate surface area is 280 Å². The zero-order valence-corrected chi connectivity index (χ0v) is 30.3. The molecule has 0 saturated carbocycles. The number of benzene rings is 3. The summed E-state index contributed by atoms with van der Waals surface area (Å²) in [5.41, 5.74) is 5.33. The molecule has 47 heavy (non-hydrogen) atoms. The predicted molar refractivity (Wildman–Crippen MR) is 191 cm³/mol. The molecule has 9 heteroatoms. The van der Waals surface area contributed by atoms with Gasteiger partial charge in [0.25, 0.3) is 10.0 Å². The van der Waals surface area contributed by atoms with Crippen LogP contribution in [0, 0.1) is 6.92 Å². The quantitative estimate of drug-likeness (QED) is 0.187. The SMILES string of the molecule is COC(=O)/C1=C(\O[Si](C)(C)C(C)(C)C)CN(S(=O)(=O)c2ccc(C)cc2)/C=C(/c2ccccc2)N2C(c3ccccc3)=C(C)C=CC12. The van der Waals surface area contributed by atoms with Gasteiger partial charge in [-0.15, -0.1) is 0 Å². The van der Waals surface area contributed by atoms with Gasteiger partial charge in [-0.25, -0.2) is 13.2 Å². The monoisotopic (exact) mass is 668 g/mol. The van der Waals surface area contributed by atoms with E-state index in [9.17, 15) is 13.2 Å². The minimum Gasteiger partial charge on any atom is -0.545 e. The number of allylic oxidation sites excluding steroid dienone is 2. The van der Waals surface area contributed by atoms with Gasteiger partial charge in [0.2, 0.25) is 8.32 Å². The van der Waals surface area contributed by atoms with Crippen molar-refractivity contribution >= 4 is 35.7 Å². The van der Waals surface area contributed by atoms with Gasteiger partial charge < -0.3 is 14.1 Å². The number of rotatable bonds is 7. The third-order valence-electron chi connectivity index (χ3n) is 9.18. The Hall–Kier alpha value is -4.34. The molecule has 246 valence electrons. The average Bonchev–Trinajstić information content (AvgIpc) is 3.03. The van der Waals surface area contributed by atoms with Gasteiger partial charge in [0, 0.05) is 6.20 Å². The van der Waals surface area contributed by atoms with E-state index in [0.29, 0.717) is 5.70 Å². The summed E-state index contributed by atoms with van der Waals surface area (Å²) >= 11 is 0. The van der Waals surface area contributed by atoms with Crippen LogP contribution in [-0.4, -0.2) is 51.6 Å². The Bertz CT molecular complexity index is 1870. The van der Waals surface area contributed by atoms with Crippen molar-refractivity contribution in [3.8, 4) is 0 Å². The van der Waals surface area contributed by atoms with Crippen molar-refractivity contribution in [3.63, 3.8) is 0 Å². The summed E-state index contributed by atoms with van der Waals surface area (Å²) in [5, 5.41) is -0.233. The lowest BCUT2D eigenvalue weighted by atomic mass is 9.91. The van der Waals surface area contributed by atoms with Crippen molar-refractivity contribution in [2.45, 2.75) is 63.7 Å². The summed E-state index contributed by atoms with van der Waals surface area (Å²) in [6.45, 7) is 14.3. The van der Waals surface area contributed by atoms with Crippen molar-refractivity contribution in [2.24, 2.45) is 0 Å². The number of methoxy groups -OCH3 is 1. The number of hydrogen-bond acceptors (Lipinski definition) is 6. The van der Waals surface area contributed by atoms with Crippen LogP contribution in [0.25, 0.3) is 11.4 Å². The molecule has 0 spiro atoms. The predicted octanol–water partition coefficient (Wildman–Crippen LogP) is 8.12. The fourth-order valence-corrected chi connectivity index (χ4v) is 7.91. The molecule has 2 heterocycles. The van der Waals surface area contributed by atoms with E-state index in [1.807, 2.05) is 86.7 Å². The van der Waals surface area contributed by atoms with Crippen LogP contribution in [0.3, 0.4) is 0 Å². The Morgan fingerprint density at radius 2 is 1.45 bits per heavy atom. The lowest BCUT2D eigenvalue weighted by Crippen LogP contribution is -2.46. The molecular weight excluding hydrogens is 625 g/mol. The maximum absolute atomic E-state index is 14.6. The van der Waals surface area contributed by atoms with Gasteiger partial charge in [-0.05, 0) is 60.8 Å². The third kappa shape index (κ3) is 6.73. The molecule has 1 atom stereocenters. The summed E-state index contributed by atoms with van der Waals surface area (Å²) in [6.07, 6.45) is 5.68. The van der Waals surface area contributed by atoms with Crippen LogP contribution in [-0.2, 0) is 24.0 Å². The standard InChI is InChI=1S/C38H44N2O5SSi/c1-27-19-22-31(23-20-27)46(42,43)39-25-33(29-15-11-9-12-16-29)40-32(24-21-28(2)36(40)30-17-13-10-14-18-30)35(37(41)44-6)34(26-39)45-47(7,8)38(3,4)5/h9-25,32H,26H2,1-8H3/b33-25-,35-34-. The number of carbonyl (C=O) groups is 1. The second-order valence-corrected chi connectivity index (χ2v) is 20.1. The minimum atomic E-state index is -4.13. The van der Waals surface area contributed by atoms with Gasteiger partial charge >= 0.3 is 5.97 Å². The fourth-order valence-electron chi connectivity index (χ4n) is 5.54. The second-order valence-electron chi connectivity index (χ2n) is 13.5. The molecule has 0 aromatic heterocycles. The number of carbonyl (C=O) groups excluding carboxylic acids is 1. The van der Waals surface area contributed by atoms with Crippen LogP contribution in [0.1, 0.15) is 44.4 Å². The Morgan fingerprint density at radius 1 is 0.872 bits per heavy atom. The summed E-state index contributed by atoms with van der Waals surface area (Å²) in [7, 11) is -5.38. The largest absolute Gasteiger partial charge is 0.545 e. The van der Waals surface area contributed by atoms with Crippen LogP contribution in [0.4, 0.5) is 0 Å². The lowest BCUT2D eigenvalue weighted by Gasteiger charge is -2.44. The molecule has 3 aromatic rings. The van der Waals surface area contributed by atoms with Crippen molar-refractivity contribution in [3.05, 3.63) is 137 Å². The number of hydrogen-bond donors (Lipinski definition) is 0. The molecule has 0 saturated heterocycles. The first-order valence-electron chi connectivity index (χ1n) is 15.8. The van der Waals surface area contributed by atoms with E-state index in [-0.39, 0.29) is 27.8 Å². The summed E-state index contributed by atoms with van der Waals surface area (Å²) in [5.74, 6) is -0.290. The summed E-state index contributed by atoms with van der Waals surface area (Å²) in [6, 6.07) is 25.7. The zero-order chi connectivity index (χ0) is 34.1. The molecule has 0 amide bonds. The number of ether oxygens (including phenoxy) is 1. The van der Waals surface area contributed by atoms with E-state index in [1.165, 1.54) is 11.4 Å². The van der Waals surface area contributed by atoms with Crippen LogP contribution in [0.5, 0.6) is 0 Å². The highest BCUT2D eigenvalue weighted by Gasteiger charge is 2.44. The second kappa shape index (κ2) is 13.0. The maximum Gasteiger partial charge on any atom is 0.339 e. The average molecular weight is 669 g/mol. The van der Waals surface area contributed by atoms with E-state index < -0.39 is 30.4 Å². The number of esters is 1. The fraction of sp³-hybridized carbons (Fsp3) is 0.289. The number of nitrogens with zero attached hydrogens (tertiary/aromatic N) is 2. The molecular formula is C38H44N2O5SSi. The van der Waals surface area contributed by atoms with Gasteiger partial charge in [-0.3, -0.25) is 4.31 Å². The zero-order valence-electron chi connectivity index (χ0n) is 28.4. The van der Waals surface area contributed by atoms with Crippen LogP contribution >= 0.6 is 0 Å². The van der Waals surface area contributed by atoms with Crippen LogP contribution in [0.2, 0.25) is 18.1 Å². The minimum absolute atomic E-state index is 0.142. The first-order valence-corrected chi connectivity index (χ1v) is 20.1. The topological polar surface area (TPSA) is 76.1 Å².